The molecule has 0 amide bonds. The Morgan fingerprint density at radius 1 is 1.20 bits per heavy atom. The number of hydrogen-bond acceptors (Lipinski definition) is 3. The van der Waals surface area contributed by atoms with Crippen molar-refractivity contribution in [1.29, 1.82) is 5.26 Å². The van der Waals surface area contributed by atoms with Crippen LogP contribution in [0, 0.1) is 16.7 Å². The predicted octanol–water partition coefficient (Wildman–Crippen LogP) is 2.73. The Morgan fingerprint density at radius 3 is 2.33 bits per heavy atom. The number of nitriles is 1. The van der Waals surface area contributed by atoms with Gasteiger partial charge in [-0.2, -0.15) is 5.26 Å². The number of rotatable bonds is 2. The molecule has 2 nitrogen and oxygen atoms in total. The first-order valence-corrected chi connectivity index (χ1v) is 6.81. The van der Waals surface area contributed by atoms with Gasteiger partial charge >= 0.3 is 0 Å². The standard InChI is InChI=1S/C12H17NOS/c13-7-12(15-10-3-1-2-4-10)5-11(6-12)8-14-9-11/h10H,1-6,8-9H2. The van der Waals surface area contributed by atoms with Gasteiger partial charge in [-0.25, -0.2) is 0 Å². The molecule has 2 saturated carbocycles. The zero-order valence-corrected chi connectivity index (χ0v) is 9.81. The molecular weight excluding hydrogens is 206 g/mol. The maximum atomic E-state index is 9.34. The van der Waals surface area contributed by atoms with Gasteiger partial charge in [0.15, 0.2) is 0 Å². The first-order chi connectivity index (χ1) is 7.26. The third-order valence-corrected chi connectivity index (χ3v) is 5.67. The van der Waals surface area contributed by atoms with Crippen LogP contribution in [0.3, 0.4) is 0 Å². The van der Waals surface area contributed by atoms with Crippen molar-refractivity contribution in [2.45, 2.75) is 48.5 Å². The minimum atomic E-state index is -0.0429. The van der Waals surface area contributed by atoms with Crippen molar-refractivity contribution < 1.29 is 4.74 Å². The average molecular weight is 223 g/mol. The number of hydrogen-bond donors (Lipinski definition) is 0. The fourth-order valence-electron chi connectivity index (χ4n) is 3.27. The van der Waals surface area contributed by atoms with Crippen molar-refractivity contribution in [2.75, 3.05) is 13.2 Å². The first kappa shape index (κ1) is 9.99. The lowest BCUT2D eigenvalue weighted by Crippen LogP contribution is -2.59. The van der Waals surface area contributed by atoms with Crippen LogP contribution in [-0.4, -0.2) is 23.2 Å². The molecule has 3 heteroatoms. The molecule has 15 heavy (non-hydrogen) atoms. The van der Waals surface area contributed by atoms with Crippen molar-refractivity contribution in [3.8, 4) is 6.07 Å². The van der Waals surface area contributed by atoms with Crippen molar-refractivity contribution >= 4 is 11.8 Å². The van der Waals surface area contributed by atoms with Crippen LogP contribution in [0.5, 0.6) is 0 Å². The minimum absolute atomic E-state index is 0.0429. The van der Waals surface area contributed by atoms with Gasteiger partial charge in [-0.15, -0.1) is 11.8 Å². The monoisotopic (exact) mass is 223 g/mol. The molecule has 3 fully saturated rings. The lowest BCUT2D eigenvalue weighted by Gasteiger charge is -2.57. The zero-order chi connectivity index (χ0) is 10.4. The Labute approximate surface area is 95.4 Å². The highest BCUT2D eigenvalue weighted by molar-refractivity contribution is 8.01. The van der Waals surface area contributed by atoms with E-state index in [1.807, 2.05) is 11.8 Å². The largest absolute Gasteiger partial charge is 0.380 e. The van der Waals surface area contributed by atoms with Gasteiger partial charge in [-0.3, -0.25) is 0 Å². The van der Waals surface area contributed by atoms with E-state index in [0.717, 1.165) is 31.3 Å². The lowest BCUT2D eigenvalue weighted by molar-refractivity contribution is -0.161. The summed E-state index contributed by atoms with van der Waals surface area (Å²) in [7, 11) is 0. The molecular formula is C12H17NOS. The van der Waals surface area contributed by atoms with E-state index < -0.39 is 0 Å². The fourth-order valence-corrected chi connectivity index (χ4v) is 5.31. The van der Waals surface area contributed by atoms with E-state index in [0.29, 0.717) is 5.41 Å². The zero-order valence-electron chi connectivity index (χ0n) is 9.00. The lowest BCUT2D eigenvalue weighted by atomic mass is 9.60. The second-order valence-electron chi connectivity index (χ2n) is 5.48. The van der Waals surface area contributed by atoms with Crippen molar-refractivity contribution in [3.05, 3.63) is 0 Å². The van der Waals surface area contributed by atoms with Crippen LogP contribution >= 0.6 is 11.8 Å². The molecule has 1 spiro atoms. The highest BCUT2D eigenvalue weighted by atomic mass is 32.2. The molecule has 0 unspecified atom stereocenters. The minimum Gasteiger partial charge on any atom is -0.380 e. The van der Waals surface area contributed by atoms with Gasteiger partial charge in [0.05, 0.1) is 19.3 Å². The molecule has 0 aromatic heterocycles. The van der Waals surface area contributed by atoms with Crippen LogP contribution in [0.1, 0.15) is 38.5 Å². The molecule has 0 aromatic carbocycles. The summed E-state index contributed by atoms with van der Waals surface area (Å²) in [5.41, 5.74) is 0.418. The molecule has 1 heterocycles. The van der Waals surface area contributed by atoms with E-state index in [-0.39, 0.29) is 4.75 Å². The quantitative estimate of drug-likeness (QED) is 0.721. The smallest absolute Gasteiger partial charge is 0.104 e. The summed E-state index contributed by atoms with van der Waals surface area (Å²) < 4.78 is 5.23. The van der Waals surface area contributed by atoms with Gasteiger partial charge in [-0.1, -0.05) is 12.8 Å². The van der Waals surface area contributed by atoms with Crippen molar-refractivity contribution in [2.24, 2.45) is 5.41 Å². The molecule has 0 aromatic rings. The Balaban J connectivity index is 1.60. The maximum absolute atomic E-state index is 9.34. The summed E-state index contributed by atoms with van der Waals surface area (Å²) >= 11 is 1.98. The Bertz CT molecular complexity index is 291. The molecule has 0 radical (unpaired) electrons. The van der Waals surface area contributed by atoms with Crippen LogP contribution < -0.4 is 0 Å². The van der Waals surface area contributed by atoms with Crippen LogP contribution in [-0.2, 0) is 4.74 Å². The molecule has 0 atom stereocenters. The molecule has 82 valence electrons. The number of thioether (sulfide) groups is 1. The van der Waals surface area contributed by atoms with Gasteiger partial charge in [-0.05, 0) is 25.7 Å². The maximum Gasteiger partial charge on any atom is 0.104 e. The fraction of sp³-hybridized carbons (Fsp3) is 0.917. The SMILES string of the molecule is N#CC1(SC2CCCC2)CC2(COC2)C1. The van der Waals surface area contributed by atoms with E-state index in [2.05, 4.69) is 6.07 Å². The summed E-state index contributed by atoms with van der Waals surface area (Å²) in [6.45, 7) is 1.81. The highest BCUT2D eigenvalue weighted by Crippen LogP contribution is 2.60. The van der Waals surface area contributed by atoms with Crippen LogP contribution in [0.15, 0.2) is 0 Å². The van der Waals surface area contributed by atoms with Gasteiger partial charge in [0, 0.05) is 10.7 Å². The van der Waals surface area contributed by atoms with Crippen LogP contribution in [0.4, 0.5) is 0 Å². The second kappa shape index (κ2) is 3.40. The molecule has 3 rings (SSSR count). The van der Waals surface area contributed by atoms with Crippen LogP contribution in [0.2, 0.25) is 0 Å². The van der Waals surface area contributed by atoms with Gasteiger partial charge in [0.1, 0.15) is 4.75 Å². The topological polar surface area (TPSA) is 33.0 Å². The van der Waals surface area contributed by atoms with E-state index in [1.165, 1.54) is 25.7 Å². The molecule has 0 N–H and O–H groups in total. The summed E-state index contributed by atoms with van der Waals surface area (Å²) in [6, 6.07) is 2.57. The predicted molar refractivity (Wildman–Crippen MR) is 60.7 cm³/mol. The van der Waals surface area contributed by atoms with Gasteiger partial charge < -0.3 is 4.74 Å². The van der Waals surface area contributed by atoms with Gasteiger partial charge in [0.2, 0.25) is 0 Å². The normalized spacial score (nSPS) is 31.9. The third kappa shape index (κ3) is 1.59. The average Bonchev–Trinajstić information content (AvgIpc) is 2.60. The van der Waals surface area contributed by atoms with E-state index >= 15 is 0 Å². The molecule has 2 aliphatic carbocycles. The summed E-state index contributed by atoms with van der Waals surface area (Å²) in [6.07, 6.45) is 7.56. The second-order valence-corrected chi connectivity index (χ2v) is 7.16. The Hall–Kier alpha value is -0.200. The van der Waals surface area contributed by atoms with E-state index in [9.17, 15) is 5.26 Å². The Kier molecular flexibility index (Phi) is 2.26. The summed E-state index contributed by atoms with van der Waals surface area (Å²) in [5.74, 6) is 0. The molecule has 0 bridgehead atoms. The number of ether oxygens (including phenoxy) is 1. The van der Waals surface area contributed by atoms with Crippen molar-refractivity contribution in [1.82, 2.24) is 0 Å². The molecule has 1 saturated heterocycles. The first-order valence-electron chi connectivity index (χ1n) is 5.93. The van der Waals surface area contributed by atoms with E-state index in [1.54, 1.807) is 0 Å². The molecule has 3 aliphatic rings. The number of nitrogens with zero attached hydrogens (tertiary/aromatic N) is 1. The molecule has 1 aliphatic heterocycles. The van der Waals surface area contributed by atoms with E-state index in [4.69, 9.17) is 4.74 Å². The summed E-state index contributed by atoms with van der Waals surface area (Å²) in [4.78, 5) is 0. The summed E-state index contributed by atoms with van der Waals surface area (Å²) in [5, 5.41) is 10.1. The highest BCUT2D eigenvalue weighted by Gasteiger charge is 2.59. The Morgan fingerprint density at radius 2 is 1.87 bits per heavy atom. The third-order valence-electron chi connectivity index (χ3n) is 4.04. The van der Waals surface area contributed by atoms with Crippen LogP contribution in [0.25, 0.3) is 0 Å². The van der Waals surface area contributed by atoms with Gasteiger partial charge in [0.25, 0.3) is 0 Å². The van der Waals surface area contributed by atoms with Crippen molar-refractivity contribution in [3.63, 3.8) is 0 Å².